The predicted octanol–water partition coefficient (Wildman–Crippen LogP) is 7.51. The second-order valence-corrected chi connectivity index (χ2v) is 9.14. The molecule has 3 N–H and O–H groups in total. The Morgan fingerprint density at radius 1 is 0.943 bits per heavy atom. The number of hydrogen-bond donors (Lipinski definition) is 3. The number of hydrogen-bond acceptors (Lipinski definition) is 3. The third kappa shape index (κ3) is 4.96. The van der Waals surface area contributed by atoms with Crippen LogP contribution in [-0.4, -0.2) is 33.7 Å². The molecule has 0 bridgehead atoms. The van der Waals surface area contributed by atoms with Gasteiger partial charge in [0.15, 0.2) is 0 Å². The fourth-order valence-corrected chi connectivity index (χ4v) is 4.67. The lowest BCUT2D eigenvalue weighted by Gasteiger charge is -2.10. The number of halogens is 3. The van der Waals surface area contributed by atoms with Crippen molar-refractivity contribution in [2.45, 2.75) is 19.8 Å². The van der Waals surface area contributed by atoms with Crippen molar-refractivity contribution in [2.75, 3.05) is 6.61 Å². The summed E-state index contributed by atoms with van der Waals surface area (Å²) < 4.78 is 5.74. The van der Waals surface area contributed by atoms with Gasteiger partial charge in [-0.05, 0) is 60.7 Å². The monoisotopic (exact) mass is 531 g/mol. The van der Waals surface area contributed by atoms with Gasteiger partial charge in [0.25, 0.3) is 0 Å². The van der Waals surface area contributed by atoms with Gasteiger partial charge in [-0.15, -0.1) is 0 Å². The molecule has 6 nitrogen and oxygen atoms in total. The highest BCUT2D eigenvalue weighted by atomic mass is 35.5. The Balaban J connectivity index is 1.63. The number of fused-ring (bicyclic) bond motifs is 1. The van der Waals surface area contributed by atoms with Crippen LogP contribution in [-0.2, 0) is 6.42 Å². The Kier molecular flexibility index (Phi) is 7.26. The fraction of sp³-hybridized carbons (Fsp3) is 0.154. The molecule has 0 aliphatic carbocycles. The van der Waals surface area contributed by atoms with Gasteiger partial charge in [0.2, 0.25) is 0 Å². The van der Waals surface area contributed by atoms with E-state index in [1.54, 1.807) is 24.3 Å². The molecule has 0 saturated carbocycles. The van der Waals surface area contributed by atoms with E-state index in [9.17, 15) is 19.8 Å². The SMILES string of the molecule is Cc1cc(C(=O)O)ccc1-c1cccc2c(CCCOc3ccc(Cl)c(Cl)c3Cl)c(C(=O)O)[nH]c12. The maximum Gasteiger partial charge on any atom is 0.352 e. The van der Waals surface area contributed by atoms with E-state index in [-0.39, 0.29) is 21.3 Å². The third-order valence-corrected chi connectivity index (χ3v) is 7.02. The van der Waals surface area contributed by atoms with Gasteiger partial charge in [-0.1, -0.05) is 59.1 Å². The van der Waals surface area contributed by atoms with E-state index in [2.05, 4.69) is 4.98 Å². The van der Waals surface area contributed by atoms with Gasteiger partial charge in [-0.2, -0.15) is 0 Å². The van der Waals surface area contributed by atoms with E-state index < -0.39 is 11.9 Å². The van der Waals surface area contributed by atoms with Gasteiger partial charge in [-0.25, -0.2) is 9.59 Å². The van der Waals surface area contributed by atoms with Gasteiger partial charge in [0.1, 0.15) is 16.5 Å². The maximum atomic E-state index is 12.0. The van der Waals surface area contributed by atoms with E-state index in [0.717, 1.165) is 22.1 Å². The van der Waals surface area contributed by atoms with Crippen molar-refractivity contribution in [3.8, 4) is 16.9 Å². The topological polar surface area (TPSA) is 99.6 Å². The summed E-state index contributed by atoms with van der Waals surface area (Å²) >= 11 is 18.2. The minimum Gasteiger partial charge on any atom is -0.492 e. The first-order valence-electron chi connectivity index (χ1n) is 10.7. The average Bonchev–Trinajstić information content (AvgIpc) is 3.20. The van der Waals surface area contributed by atoms with Crippen LogP contribution < -0.4 is 4.74 Å². The number of aromatic amines is 1. The summed E-state index contributed by atoms with van der Waals surface area (Å²) in [6.45, 7) is 2.12. The molecule has 4 aromatic rings. The summed E-state index contributed by atoms with van der Waals surface area (Å²) in [4.78, 5) is 26.4. The highest BCUT2D eigenvalue weighted by Gasteiger charge is 2.20. The number of carboxylic acids is 2. The molecule has 3 aromatic carbocycles. The maximum absolute atomic E-state index is 12.0. The smallest absolute Gasteiger partial charge is 0.352 e. The highest BCUT2D eigenvalue weighted by molar-refractivity contribution is 6.48. The zero-order chi connectivity index (χ0) is 25.3. The molecular weight excluding hydrogens is 513 g/mol. The van der Waals surface area contributed by atoms with Crippen molar-refractivity contribution in [3.05, 3.63) is 86.0 Å². The lowest BCUT2D eigenvalue weighted by atomic mass is 9.95. The molecule has 35 heavy (non-hydrogen) atoms. The molecule has 0 amide bonds. The zero-order valence-electron chi connectivity index (χ0n) is 18.5. The number of para-hydroxylation sites is 1. The van der Waals surface area contributed by atoms with Crippen molar-refractivity contribution in [3.63, 3.8) is 0 Å². The molecule has 0 unspecified atom stereocenters. The number of nitrogens with one attached hydrogen (secondary N) is 1. The van der Waals surface area contributed by atoms with Crippen LogP contribution in [0.1, 0.15) is 38.4 Å². The number of ether oxygens (including phenoxy) is 1. The Hall–Kier alpha value is -3.19. The van der Waals surface area contributed by atoms with E-state index in [1.165, 1.54) is 6.07 Å². The number of carbonyl (C=O) groups is 2. The second-order valence-electron chi connectivity index (χ2n) is 7.97. The number of carboxylic acid groups (broad SMARTS) is 2. The molecule has 9 heteroatoms. The number of benzene rings is 3. The van der Waals surface area contributed by atoms with Crippen LogP contribution in [0.4, 0.5) is 0 Å². The molecule has 0 fully saturated rings. The van der Waals surface area contributed by atoms with Crippen LogP contribution in [0.25, 0.3) is 22.0 Å². The second kappa shape index (κ2) is 10.2. The molecule has 0 saturated heterocycles. The Morgan fingerprint density at radius 3 is 2.40 bits per heavy atom. The molecule has 0 spiro atoms. The van der Waals surface area contributed by atoms with Crippen molar-refractivity contribution in [1.82, 2.24) is 4.98 Å². The first-order valence-corrected chi connectivity index (χ1v) is 11.8. The molecule has 4 rings (SSSR count). The molecule has 0 aliphatic rings. The van der Waals surface area contributed by atoms with E-state index >= 15 is 0 Å². The van der Waals surface area contributed by atoms with E-state index in [1.807, 2.05) is 25.1 Å². The average molecular weight is 533 g/mol. The lowest BCUT2D eigenvalue weighted by molar-refractivity contribution is 0.0682. The van der Waals surface area contributed by atoms with Gasteiger partial charge < -0.3 is 19.9 Å². The molecule has 1 aromatic heterocycles. The van der Waals surface area contributed by atoms with Crippen LogP contribution in [0.5, 0.6) is 5.75 Å². The van der Waals surface area contributed by atoms with Crippen molar-refractivity contribution < 1.29 is 24.5 Å². The minimum atomic E-state index is -1.06. The molecule has 1 heterocycles. The van der Waals surface area contributed by atoms with Gasteiger partial charge >= 0.3 is 11.9 Å². The molecule has 0 atom stereocenters. The number of aromatic carboxylic acids is 2. The first-order chi connectivity index (χ1) is 16.7. The summed E-state index contributed by atoms with van der Waals surface area (Å²) in [6.07, 6.45) is 0.974. The third-order valence-electron chi connectivity index (χ3n) is 5.75. The first kappa shape index (κ1) is 24.9. The van der Waals surface area contributed by atoms with Gasteiger partial charge in [0, 0.05) is 10.9 Å². The van der Waals surface area contributed by atoms with Crippen LogP contribution in [0.2, 0.25) is 15.1 Å². The molecule has 0 radical (unpaired) electrons. The summed E-state index contributed by atoms with van der Waals surface area (Å²) in [7, 11) is 0. The van der Waals surface area contributed by atoms with Gasteiger partial charge in [0.05, 0.1) is 27.7 Å². The number of aromatic nitrogens is 1. The van der Waals surface area contributed by atoms with Crippen LogP contribution >= 0.6 is 34.8 Å². The largest absolute Gasteiger partial charge is 0.492 e. The zero-order valence-corrected chi connectivity index (χ0v) is 20.8. The number of aryl methyl sites for hydroxylation is 2. The number of H-pyrrole nitrogens is 1. The molecular formula is C26H20Cl3NO5. The Morgan fingerprint density at radius 2 is 1.71 bits per heavy atom. The molecule has 180 valence electrons. The Labute approximate surface area is 216 Å². The molecule has 0 aliphatic heterocycles. The van der Waals surface area contributed by atoms with Crippen LogP contribution in [0.15, 0.2) is 48.5 Å². The predicted molar refractivity (Wildman–Crippen MR) is 138 cm³/mol. The van der Waals surface area contributed by atoms with E-state index in [0.29, 0.717) is 41.3 Å². The normalized spacial score (nSPS) is 11.1. The summed E-state index contributed by atoms with van der Waals surface area (Å²) in [5.74, 6) is -1.66. The summed E-state index contributed by atoms with van der Waals surface area (Å²) in [6, 6.07) is 13.7. The van der Waals surface area contributed by atoms with Gasteiger partial charge in [-0.3, -0.25) is 0 Å². The summed E-state index contributed by atoms with van der Waals surface area (Å²) in [5, 5.41) is 20.7. The van der Waals surface area contributed by atoms with Crippen molar-refractivity contribution in [2.24, 2.45) is 0 Å². The summed E-state index contributed by atoms with van der Waals surface area (Å²) in [5.41, 5.74) is 4.04. The standard InChI is InChI=1S/C26H20Cl3NO5/c1-13-12-14(25(31)32)7-8-15(13)16-4-2-5-17-18(24(26(33)34)30-23(16)17)6-3-11-35-20-10-9-19(27)21(28)22(20)29/h2,4-5,7-10,12,30H,3,6,11H2,1H3,(H,31,32)(H,33,34). The fourth-order valence-electron chi connectivity index (χ4n) is 4.09. The number of rotatable bonds is 8. The van der Waals surface area contributed by atoms with Crippen molar-refractivity contribution in [1.29, 1.82) is 0 Å². The minimum absolute atomic E-state index is 0.111. The Bertz CT molecular complexity index is 1460. The van der Waals surface area contributed by atoms with Crippen LogP contribution in [0, 0.1) is 6.92 Å². The van der Waals surface area contributed by atoms with Crippen LogP contribution in [0.3, 0.4) is 0 Å². The van der Waals surface area contributed by atoms with E-state index in [4.69, 9.17) is 39.5 Å². The quantitative estimate of drug-likeness (QED) is 0.161. The lowest BCUT2D eigenvalue weighted by Crippen LogP contribution is -2.04. The highest BCUT2D eigenvalue weighted by Crippen LogP contribution is 2.37. The van der Waals surface area contributed by atoms with Crippen molar-refractivity contribution >= 4 is 57.6 Å².